The van der Waals surface area contributed by atoms with Gasteiger partial charge in [-0.1, -0.05) is 0 Å². The minimum Gasteiger partial charge on any atom is -0.380 e. The summed E-state index contributed by atoms with van der Waals surface area (Å²) in [5, 5.41) is 3.33. The summed E-state index contributed by atoms with van der Waals surface area (Å²) in [5.41, 5.74) is 0. The molecule has 0 aliphatic carbocycles. The highest BCUT2D eigenvalue weighted by Gasteiger charge is 2.12. The van der Waals surface area contributed by atoms with Gasteiger partial charge in [-0.3, -0.25) is 0 Å². The van der Waals surface area contributed by atoms with Crippen LogP contribution in [0.15, 0.2) is 0 Å². The van der Waals surface area contributed by atoms with Crippen LogP contribution in [-0.4, -0.2) is 26.3 Å². The van der Waals surface area contributed by atoms with E-state index in [1.165, 1.54) is 12.8 Å². The van der Waals surface area contributed by atoms with Crippen molar-refractivity contribution in [1.29, 1.82) is 0 Å². The van der Waals surface area contributed by atoms with Gasteiger partial charge >= 0.3 is 0 Å². The summed E-state index contributed by atoms with van der Waals surface area (Å²) in [6, 6.07) is 0. The highest BCUT2D eigenvalue weighted by Crippen LogP contribution is 2.11. The standard InChI is InChI=1S/C10H17NO/c1-2-3-8-12-9-10-4-6-11-7-5-10/h1,10-11H,3-9H2. The minimum atomic E-state index is 0.723. The maximum atomic E-state index is 5.44. The molecule has 1 rings (SSSR count). The zero-order valence-electron chi connectivity index (χ0n) is 7.51. The van der Waals surface area contributed by atoms with Crippen molar-refractivity contribution in [2.45, 2.75) is 19.3 Å². The molecule has 12 heavy (non-hydrogen) atoms. The predicted octanol–water partition coefficient (Wildman–Crippen LogP) is 1.03. The first-order chi connectivity index (χ1) is 5.93. The van der Waals surface area contributed by atoms with E-state index in [4.69, 9.17) is 11.2 Å². The average molecular weight is 167 g/mol. The van der Waals surface area contributed by atoms with Crippen LogP contribution in [0.5, 0.6) is 0 Å². The van der Waals surface area contributed by atoms with E-state index >= 15 is 0 Å². The van der Waals surface area contributed by atoms with Crippen molar-refractivity contribution >= 4 is 0 Å². The van der Waals surface area contributed by atoms with E-state index in [0.717, 1.165) is 38.6 Å². The third-order valence-corrected chi connectivity index (χ3v) is 2.20. The van der Waals surface area contributed by atoms with Gasteiger partial charge in [-0.05, 0) is 31.8 Å². The van der Waals surface area contributed by atoms with Gasteiger partial charge in [0.2, 0.25) is 0 Å². The van der Waals surface area contributed by atoms with Crippen LogP contribution < -0.4 is 5.32 Å². The van der Waals surface area contributed by atoms with Crippen LogP contribution in [0, 0.1) is 18.3 Å². The van der Waals surface area contributed by atoms with Crippen LogP contribution in [0.25, 0.3) is 0 Å². The van der Waals surface area contributed by atoms with Crippen molar-refractivity contribution in [3.05, 3.63) is 0 Å². The van der Waals surface area contributed by atoms with Gasteiger partial charge in [0.05, 0.1) is 6.61 Å². The van der Waals surface area contributed by atoms with Crippen molar-refractivity contribution in [2.75, 3.05) is 26.3 Å². The van der Waals surface area contributed by atoms with Crippen LogP contribution in [0.3, 0.4) is 0 Å². The Balaban J connectivity index is 1.95. The van der Waals surface area contributed by atoms with E-state index in [1.54, 1.807) is 0 Å². The predicted molar refractivity (Wildman–Crippen MR) is 49.9 cm³/mol. The molecule has 2 nitrogen and oxygen atoms in total. The first-order valence-corrected chi connectivity index (χ1v) is 4.65. The van der Waals surface area contributed by atoms with Crippen molar-refractivity contribution in [1.82, 2.24) is 5.32 Å². The third-order valence-electron chi connectivity index (χ3n) is 2.20. The van der Waals surface area contributed by atoms with Gasteiger partial charge in [-0.2, -0.15) is 0 Å². The van der Waals surface area contributed by atoms with Gasteiger partial charge < -0.3 is 10.1 Å². The maximum absolute atomic E-state index is 5.44. The lowest BCUT2D eigenvalue weighted by atomic mass is 9.99. The second-order valence-electron chi connectivity index (χ2n) is 3.22. The Bertz CT molecular complexity index is 144. The Morgan fingerprint density at radius 3 is 2.83 bits per heavy atom. The van der Waals surface area contributed by atoms with Gasteiger partial charge in [-0.25, -0.2) is 0 Å². The molecule has 1 aliphatic heterocycles. The number of hydrogen-bond donors (Lipinski definition) is 1. The fourth-order valence-electron chi connectivity index (χ4n) is 1.43. The zero-order chi connectivity index (χ0) is 8.65. The van der Waals surface area contributed by atoms with Crippen LogP contribution in [0.1, 0.15) is 19.3 Å². The molecule has 68 valence electrons. The molecule has 0 spiro atoms. The first kappa shape index (κ1) is 9.57. The fraction of sp³-hybridized carbons (Fsp3) is 0.800. The molecule has 0 atom stereocenters. The monoisotopic (exact) mass is 167 g/mol. The Kier molecular flexibility index (Phi) is 4.82. The van der Waals surface area contributed by atoms with Crippen LogP contribution in [0.2, 0.25) is 0 Å². The van der Waals surface area contributed by atoms with Gasteiger partial charge in [-0.15, -0.1) is 12.3 Å². The smallest absolute Gasteiger partial charge is 0.0575 e. The Hall–Kier alpha value is -0.520. The van der Waals surface area contributed by atoms with E-state index < -0.39 is 0 Å². The molecule has 0 bridgehead atoms. The van der Waals surface area contributed by atoms with Crippen molar-refractivity contribution in [3.63, 3.8) is 0 Å². The Morgan fingerprint density at radius 1 is 1.42 bits per heavy atom. The summed E-state index contributed by atoms with van der Waals surface area (Å²) < 4.78 is 5.44. The summed E-state index contributed by atoms with van der Waals surface area (Å²) in [6.45, 7) is 3.90. The second kappa shape index (κ2) is 6.05. The van der Waals surface area contributed by atoms with E-state index in [2.05, 4.69) is 11.2 Å². The van der Waals surface area contributed by atoms with Crippen molar-refractivity contribution in [2.24, 2.45) is 5.92 Å². The lowest BCUT2D eigenvalue weighted by molar-refractivity contribution is 0.0921. The lowest BCUT2D eigenvalue weighted by Gasteiger charge is -2.22. The molecular formula is C10H17NO. The topological polar surface area (TPSA) is 21.3 Å². The molecule has 0 aromatic rings. The largest absolute Gasteiger partial charge is 0.380 e. The van der Waals surface area contributed by atoms with E-state index in [9.17, 15) is 0 Å². The van der Waals surface area contributed by atoms with E-state index in [1.807, 2.05) is 0 Å². The van der Waals surface area contributed by atoms with Crippen LogP contribution in [0.4, 0.5) is 0 Å². The zero-order valence-corrected chi connectivity index (χ0v) is 7.51. The molecule has 1 heterocycles. The number of terminal acetylenes is 1. The molecule has 1 N–H and O–H groups in total. The summed E-state index contributed by atoms with van der Waals surface area (Å²) >= 11 is 0. The third kappa shape index (κ3) is 3.75. The van der Waals surface area contributed by atoms with Gasteiger partial charge in [0.25, 0.3) is 0 Å². The van der Waals surface area contributed by atoms with E-state index in [-0.39, 0.29) is 0 Å². The molecule has 0 unspecified atom stereocenters. The summed E-state index contributed by atoms with van der Waals surface area (Å²) in [7, 11) is 0. The van der Waals surface area contributed by atoms with Crippen molar-refractivity contribution in [3.8, 4) is 12.3 Å². The summed E-state index contributed by atoms with van der Waals surface area (Å²) in [6.07, 6.45) is 8.34. The van der Waals surface area contributed by atoms with Crippen molar-refractivity contribution < 1.29 is 4.74 Å². The minimum absolute atomic E-state index is 0.723. The molecular weight excluding hydrogens is 150 g/mol. The molecule has 1 fully saturated rings. The van der Waals surface area contributed by atoms with Gasteiger partial charge in [0.15, 0.2) is 0 Å². The molecule has 1 saturated heterocycles. The molecule has 2 heteroatoms. The SMILES string of the molecule is C#CCCOCC1CCNCC1. The fourth-order valence-corrected chi connectivity index (χ4v) is 1.43. The highest BCUT2D eigenvalue weighted by molar-refractivity contribution is 4.82. The average Bonchev–Trinajstić information content (AvgIpc) is 2.14. The molecule has 1 aliphatic rings. The number of rotatable bonds is 4. The maximum Gasteiger partial charge on any atom is 0.0575 e. The Labute approximate surface area is 74.7 Å². The Morgan fingerprint density at radius 2 is 2.17 bits per heavy atom. The number of nitrogens with one attached hydrogen (secondary N) is 1. The van der Waals surface area contributed by atoms with Crippen LogP contribution >= 0.6 is 0 Å². The number of hydrogen-bond acceptors (Lipinski definition) is 2. The molecule has 0 saturated carbocycles. The molecule has 0 radical (unpaired) electrons. The summed E-state index contributed by atoms with van der Waals surface area (Å²) in [5.74, 6) is 3.32. The quantitative estimate of drug-likeness (QED) is 0.498. The molecule has 0 amide bonds. The van der Waals surface area contributed by atoms with Gasteiger partial charge in [0.1, 0.15) is 0 Å². The number of ether oxygens (including phenoxy) is 1. The lowest BCUT2D eigenvalue weighted by Crippen LogP contribution is -2.30. The molecule has 0 aromatic heterocycles. The van der Waals surface area contributed by atoms with Gasteiger partial charge in [0, 0.05) is 13.0 Å². The highest BCUT2D eigenvalue weighted by atomic mass is 16.5. The van der Waals surface area contributed by atoms with E-state index in [0.29, 0.717) is 0 Å². The first-order valence-electron chi connectivity index (χ1n) is 4.65. The normalized spacial score (nSPS) is 18.9. The van der Waals surface area contributed by atoms with Crippen LogP contribution in [-0.2, 0) is 4.74 Å². The second-order valence-corrected chi connectivity index (χ2v) is 3.22. The molecule has 0 aromatic carbocycles. The number of piperidine rings is 1. The summed E-state index contributed by atoms with van der Waals surface area (Å²) in [4.78, 5) is 0.